The molecule has 2 unspecified atom stereocenters. The first-order valence-corrected chi connectivity index (χ1v) is 7.24. The Balaban J connectivity index is 2.90. The van der Waals surface area contributed by atoms with Crippen LogP contribution in [0, 0.1) is 0 Å². The fraction of sp³-hybridized carbons (Fsp3) is 0.625. The lowest BCUT2D eigenvalue weighted by molar-refractivity contribution is 0.0846. The SMILES string of the molecule is CCC(C)N(CCOC)C(CCN)c1ccccc1. The van der Waals surface area contributed by atoms with Crippen LogP contribution in [0.2, 0.25) is 0 Å². The fourth-order valence-electron chi connectivity index (χ4n) is 2.47. The van der Waals surface area contributed by atoms with Crippen molar-refractivity contribution in [2.75, 3.05) is 26.8 Å². The Bertz CT molecular complexity index is 329. The molecule has 0 saturated heterocycles. The molecule has 0 bridgehead atoms. The second-order valence-corrected chi connectivity index (χ2v) is 4.99. The summed E-state index contributed by atoms with van der Waals surface area (Å²) in [4.78, 5) is 2.52. The van der Waals surface area contributed by atoms with Crippen molar-refractivity contribution in [2.24, 2.45) is 5.73 Å². The van der Waals surface area contributed by atoms with Gasteiger partial charge in [-0.05, 0) is 31.9 Å². The van der Waals surface area contributed by atoms with Crippen LogP contribution in [0.1, 0.15) is 38.3 Å². The Morgan fingerprint density at radius 1 is 1.26 bits per heavy atom. The number of ether oxygens (including phenoxy) is 1. The van der Waals surface area contributed by atoms with E-state index >= 15 is 0 Å². The van der Waals surface area contributed by atoms with Gasteiger partial charge in [0.05, 0.1) is 6.61 Å². The first kappa shape index (κ1) is 16.2. The molecule has 19 heavy (non-hydrogen) atoms. The van der Waals surface area contributed by atoms with Gasteiger partial charge in [0.2, 0.25) is 0 Å². The van der Waals surface area contributed by atoms with Crippen molar-refractivity contribution in [3.8, 4) is 0 Å². The highest BCUT2D eigenvalue weighted by atomic mass is 16.5. The van der Waals surface area contributed by atoms with Crippen molar-refractivity contribution < 1.29 is 4.74 Å². The topological polar surface area (TPSA) is 38.5 Å². The number of rotatable bonds is 9. The van der Waals surface area contributed by atoms with Crippen molar-refractivity contribution in [1.82, 2.24) is 4.90 Å². The molecule has 0 aliphatic heterocycles. The van der Waals surface area contributed by atoms with Crippen LogP contribution < -0.4 is 5.73 Å². The van der Waals surface area contributed by atoms with E-state index in [9.17, 15) is 0 Å². The standard InChI is InChI=1S/C16H28N2O/c1-4-14(2)18(12-13-19-3)16(10-11-17)15-8-6-5-7-9-15/h5-9,14,16H,4,10-13,17H2,1-3H3. The van der Waals surface area contributed by atoms with Gasteiger partial charge in [-0.25, -0.2) is 0 Å². The lowest BCUT2D eigenvalue weighted by Gasteiger charge is -2.36. The van der Waals surface area contributed by atoms with Gasteiger partial charge in [-0.3, -0.25) is 4.90 Å². The van der Waals surface area contributed by atoms with Gasteiger partial charge in [-0.2, -0.15) is 0 Å². The molecule has 0 fully saturated rings. The molecular formula is C16H28N2O. The molecule has 3 nitrogen and oxygen atoms in total. The summed E-state index contributed by atoms with van der Waals surface area (Å²) < 4.78 is 5.26. The van der Waals surface area contributed by atoms with Gasteiger partial charge in [0.25, 0.3) is 0 Å². The molecule has 1 aromatic rings. The third kappa shape index (κ3) is 4.94. The maximum absolute atomic E-state index is 5.82. The summed E-state index contributed by atoms with van der Waals surface area (Å²) >= 11 is 0. The molecule has 0 saturated carbocycles. The molecule has 1 rings (SSSR count). The Hall–Kier alpha value is -0.900. The molecule has 0 radical (unpaired) electrons. The predicted molar refractivity (Wildman–Crippen MR) is 81.2 cm³/mol. The molecule has 2 atom stereocenters. The number of nitrogens with zero attached hydrogens (tertiary/aromatic N) is 1. The maximum atomic E-state index is 5.82. The Morgan fingerprint density at radius 3 is 2.47 bits per heavy atom. The second kappa shape index (κ2) is 9.08. The molecule has 2 N–H and O–H groups in total. The van der Waals surface area contributed by atoms with Crippen LogP contribution in [-0.2, 0) is 4.74 Å². The summed E-state index contributed by atoms with van der Waals surface area (Å²) in [5.74, 6) is 0. The third-order valence-corrected chi connectivity index (χ3v) is 3.74. The minimum absolute atomic E-state index is 0.385. The highest BCUT2D eigenvalue weighted by Crippen LogP contribution is 2.26. The van der Waals surface area contributed by atoms with E-state index in [0.717, 1.165) is 26.0 Å². The Kier molecular flexibility index (Phi) is 7.72. The first-order chi connectivity index (χ1) is 9.24. The van der Waals surface area contributed by atoms with Gasteiger partial charge in [-0.1, -0.05) is 37.3 Å². The van der Waals surface area contributed by atoms with Crippen LogP contribution in [0.15, 0.2) is 30.3 Å². The van der Waals surface area contributed by atoms with E-state index in [1.807, 2.05) is 0 Å². The summed E-state index contributed by atoms with van der Waals surface area (Å²) in [5.41, 5.74) is 7.17. The van der Waals surface area contributed by atoms with Crippen molar-refractivity contribution in [3.05, 3.63) is 35.9 Å². The lowest BCUT2D eigenvalue weighted by atomic mass is 9.99. The smallest absolute Gasteiger partial charge is 0.0590 e. The Morgan fingerprint density at radius 2 is 1.95 bits per heavy atom. The van der Waals surface area contributed by atoms with Gasteiger partial charge < -0.3 is 10.5 Å². The minimum Gasteiger partial charge on any atom is -0.383 e. The third-order valence-electron chi connectivity index (χ3n) is 3.74. The highest BCUT2D eigenvalue weighted by Gasteiger charge is 2.23. The minimum atomic E-state index is 0.385. The van der Waals surface area contributed by atoms with E-state index in [4.69, 9.17) is 10.5 Å². The maximum Gasteiger partial charge on any atom is 0.0590 e. The van der Waals surface area contributed by atoms with Crippen LogP contribution in [0.25, 0.3) is 0 Å². The van der Waals surface area contributed by atoms with Crippen LogP contribution in [0.4, 0.5) is 0 Å². The normalized spacial score (nSPS) is 14.6. The van der Waals surface area contributed by atoms with Crippen molar-refractivity contribution in [1.29, 1.82) is 0 Å². The zero-order valence-corrected chi connectivity index (χ0v) is 12.5. The van der Waals surface area contributed by atoms with Crippen molar-refractivity contribution in [2.45, 2.75) is 38.8 Å². The number of hydrogen-bond acceptors (Lipinski definition) is 3. The van der Waals surface area contributed by atoms with Gasteiger partial charge in [-0.15, -0.1) is 0 Å². The van der Waals surface area contributed by atoms with E-state index in [1.165, 1.54) is 5.56 Å². The number of methoxy groups -OCH3 is 1. The van der Waals surface area contributed by atoms with Crippen molar-refractivity contribution in [3.63, 3.8) is 0 Å². The van der Waals surface area contributed by atoms with E-state index < -0.39 is 0 Å². The summed E-state index contributed by atoms with van der Waals surface area (Å²) in [6, 6.07) is 11.6. The van der Waals surface area contributed by atoms with Crippen LogP contribution in [0.3, 0.4) is 0 Å². The summed E-state index contributed by atoms with van der Waals surface area (Å²) in [6.45, 7) is 6.93. The van der Waals surface area contributed by atoms with E-state index in [0.29, 0.717) is 18.6 Å². The van der Waals surface area contributed by atoms with Crippen molar-refractivity contribution >= 4 is 0 Å². The van der Waals surface area contributed by atoms with Crippen LogP contribution in [-0.4, -0.2) is 37.7 Å². The average Bonchev–Trinajstić information content (AvgIpc) is 2.47. The van der Waals surface area contributed by atoms with Crippen LogP contribution >= 0.6 is 0 Å². The number of nitrogens with two attached hydrogens (primary N) is 1. The molecule has 0 amide bonds. The van der Waals surface area contributed by atoms with E-state index in [2.05, 4.69) is 49.1 Å². The molecule has 3 heteroatoms. The zero-order valence-electron chi connectivity index (χ0n) is 12.5. The zero-order chi connectivity index (χ0) is 14.1. The van der Waals surface area contributed by atoms with Crippen LogP contribution in [0.5, 0.6) is 0 Å². The summed E-state index contributed by atoms with van der Waals surface area (Å²) in [5, 5.41) is 0. The molecule has 0 aliphatic rings. The average molecular weight is 264 g/mol. The predicted octanol–water partition coefficient (Wildman–Crippen LogP) is 2.82. The largest absolute Gasteiger partial charge is 0.383 e. The summed E-state index contributed by atoms with van der Waals surface area (Å²) in [6.07, 6.45) is 2.12. The van der Waals surface area contributed by atoms with E-state index in [1.54, 1.807) is 7.11 Å². The quantitative estimate of drug-likeness (QED) is 0.745. The summed E-state index contributed by atoms with van der Waals surface area (Å²) in [7, 11) is 1.76. The molecule has 108 valence electrons. The molecule has 0 aliphatic carbocycles. The van der Waals surface area contributed by atoms with Gasteiger partial charge >= 0.3 is 0 Å². The fourth-order valence-corrected chi connectivity index (χ4v) is 2.47. The molecule has 0 spiro atoms. The monoisotopic (exact) mass is 264 g/mol. The number of hydrogen-bond donors (Lipinski definition) is 1. The first-order valence-electron chi connectivity index (χ1n) is 7.24. The van der Waals surface area contributed by atoms with Gasteiger partial charge in [0.1, 0.15) is 0 Å². The van der Waals surface area contributed by atoms with E-state index in [-0.39, 0.29) is 0 Å². The lowest BCUT2D eigenvalue weighted by Crippen LogP contribution is -2.39. The molecule has 0 heterocycles. The molecular weight excluding hydrogens is 236 g/mol. The van der Waals surface area contributed by atoms with Gasteiger partial charge in [0.15, 0.2) is 0 Å². The Labute approximate surface area is 117 Å². The number of benzene rings is 1. The van der Waals surface area contributed by atoms with Gasteiger partial charge in [0, 0.05) is 25.7 Å². The molecule has 0 aromatic heterocycles. The molecule has 1 aromatic carbocycles. The highest BCUT2D eigenvalue weighted by molar-refractivity contribution is 5.19. The second-order valence-electron chi connectivity index (χ2n) is 4.99.